The summed E-state index contributed by atoms with van der Waals surface area (Å²) < 4.78 is 12.6. The minimum absolute atomic E-state index is 0.159. The second-order valence-corrected chi connectivity index (χ2v) is 6.38. The van der Waals surface area contributed by atoms with Crippen LogP contribution in [0.4, 0.5) is 9.18 Å². The van der Waals surface area contributed by atoms with Crippen molar-refractivity contribution in [2.24, 2.45) is 0 Å². The van der Waals surface area contributed by atoms with Crippen molar-refractivity contribution in [2.45, 2.75) is 44.6 Å². The maximum Gasteiger partial charge on any atom is 0.339 e. The predicted octanol–water partition coefficient (Wildman–Crippen LogP) is 1.19. The summed E-state index contributed by atoms with van der Waals surface area (Å²) in [5.41, 5.74) is 1.60. The predicted molar refractivity (Wildman–Crippen MR) is 107 cm³/mol. The summed E-state index contributed by atoms with van der Waals surface area (Å²) in [6.45, 7) is 0.496. The van der Waals surface area contributed by atoms with E-state index in [2.05, 4.69) is 5.32 Å². The fourth-order valence-corrected chi connectivity index (χ4v) is 2.20. The lowest BCUT2D eigenvalue weighted by atomic mass is 10.1. The highest BCUT2D eigenvalue weighted by Gasteiger charge is 2.20. The molecule has 0 heterocycles. The lowest BCUT2D eigenvalue weighted by Crippen LogP contribution is -2.45. The van der Waals surface area contributed by atoms with Crippen molar-refractivity contribution in [3.63, 3.8) is 0 Å². The van der Waals surface area contributed by atoms with E-state index in [9.17, 15) is 28.4 Å². The Balaban J connectivity index is 0.000000622. The Morgan fingerprint density at radius 3 is 1.97 bits per heavy atom. The van der Waals surface area contributed by atoms with Gasteiger partial charge in [0.1, 0.15) is 11.9 Å². The highest BCUT2D eigenvalue weighted by atomic mass is 19.1. The Morgan fingerprint density at radius 2 is 1.47 bits per heavy atom. The molecule has 1 aromatic carbocycles. The highest BCUT2D eigenvalue weighted by molar-refractivity contribution is 5.94. The van der Waals surface area contributed by atoms with Gasteiger partial charge < -0.3 is 26.0 Å². The van der Waals surface area contributed by atoms with Gasteiger partial charge in [0.25, 0.3) is 5.91 Å². The van der Waals surface area contributed by atoms with Crippen molar-refractivity contribution in [1.29, 1.82) is 0 Å². The second kappa shape index (κ2) is 16.0. The van der Waals surface area contributed by atoms with Gasteiger partial charge in [0.05, 0.1) is 0 Å². The summed E-state index contributed by atoms with van der Waals surface area (Å²) >= 11 is 0. The lowest BCUT2D eigenvalue weighted by Gasteiger charge is -2.11. The van der Waals surface area contributed by atoms with Crippen molar-refractivity contribution in [2.75, 3.05) is 6.54 Å². The van der Waals surface area contributed by atoms with E-state index in [1.165, 1.54) is 29.7 Å². The summed E-state index contributed by atoms with van der Waals surface area (Å²) in [4.78, 5) is 52.9. The van der Waals surface area contributed by atoms with Crippen molar-refractivity contribution in [1.82, 2.24) is 16.1 Å². The van der Waals surface area contributed by atoms with Crippen LogP contribution in [0, 0.1) is 5.82 Å². The number of hydrogen-bond donors (Lipinski definition) is 7. The highest BCUT2D eigenvalue weighted by Crippen LogP contribution is 2.03. The number of carboxylic acids is 3. The standard InChI is InChI=1S/C13H16FNO3.C6H10N2O6/c14-11-7-5-10(6-8-11)13(18)15-9-3-1-2-4-12(16)17;9-4(10)2-1-3(5(11)12)7-6(13)8-14/h5-8H,1-4,9H2,(H,15,18)(H,16,17);3,14H,1-2H2,(H,9,10)(H,11,12)(H2,7,8,13). The molecule has 1 unspecified atom stereocenters. The number of unbranched alkanes of at least 4 members (excludes halogenated alkanes) is 2. The first-order chi connectivity index (χ1) is 15.1. The largest absolute Gasteiger partial charge is 0.481 e. The number of rotatable bonds is 12. The fourth-order valence-electron chi connectivity index (χ4n) is 2.20. The third-order valence-corrected chi connectivity index (χ3v) is 3.81. The summed E-state index contributed by atoms with van der Waals surface area (Å²) in [5, 5.41) is 37.8. The van der Waals surface area contributed by atoms with Gasteiger partial charge in [0.15, 0.2) is 0 Å². The van der Waals surface area contributed by atoms with Crippen LogP contribution in [-0.2, 0) is 14.4 Å². The van der Waals surface area contributed by atoms with Crippen molar-refractivity contribution in [3.05, 3.63) is 35.6 Å². The molecule has 178 valence electrons. The number of carbonyl (C=O) groups excluding carboxylic acids is 2. The summed E-state index contributed by atoms with van der Waals surface area (Å²) in [6.07, 6.45) is 1.63. The van der Waals surface area contributed by atoms with Crippen molar-refractivity contribution in [3.8, 4) is 0 Å². The fraction of sp³-hybridized carbons (Fsp3) is 0.421. The molecule has 1 rings (SSSR count). The van der Waals surface area contributed by atoms with Crippen LogP contribution in [0.2, 0.25) is 0 Å². The van der Waals surface area contributed by atoms with E-state index in [0.29, 0.717) is 18.5 Å². The number of amides is 3. The van der Waals surface area contributed by atoms with Crippen molar-refractivity contribution >= 4 is 29.8 Å². The molecule has 13 heteroatoms. The van der Waals surface area contributed by atoms with E-state index >= 15 is 0 Å². The zero-order chi connectivity index (χ0) is 24.5. The molecule has 7 N–H and O–H groups in total. The second-order valence-electron chi connectivity index (χ2n) is 6.38. The number of urea groups is 1. The summed E-state index contributed by atoms with van der Waals surface area (Å²) in [6, 6.07) is 2.90. The Hall–Kier alpha value is -3.74. The molecule has 0 spiro atoms. The molecular weight excluding hydrogens is 433 g/mol. The Kier molecular flexibility index (Phi) is 14.1. The minimum Gasteiger partial charge on any atom is -0.481 e. The number of benzene rings is 1. The van der Waals surface area contributed by atoms with Gasteiger partial charge in [-0.2, -0.15) is 0 Å². The molecule has 12 nitrogen and oxygen atoms in total. The van der Waals surface area contributed by atoms with Gasteiger partial charge in [-0.15, -0.1) is 0 Å². The van der Waals surface area contributed by atoms with Gasteiger partial charge in [-0.05, 0) is 43.5 Å². The minimum atomic E-state index is -1.37. The van der Waals surface area contributed by atoms with Crippen LogP contribution >= 0.6 is 0 Å². The Morgan fingerprint density at radius 1 is 0.875 bits per heavy atom. The monoisotopic (exact) mass is 459 g/mol. The molecule has 3 amide bonds. The van der Waals surface area contributed by atoms with E-state index in [0.717, 1.165) is 12.8 Å². The van der Waals surface area contributed by atoms with Gasteiger partial charge in [-0.3, -0.25) is 19.6 Å². The zero-order valence-corrected chi connectivity index (χ0v) is 17.0. The van der Waals surface area contributed by atoms with E-state index in [4.69, 9.17) is 20.5 Å². The lowest BCUT2D eigenvalue weighted by molar-refractivity contribution is -0.141. The van der Waals surface area contributed by atoms with Gasteiger partial charge in [-0.1, -0.05) is 6.42 Å². The average molecular weight is 459 g/mol. The van der Waals surface area contributed by atoms with E-state index in [1.807, 2.05) is 5.32 Å². The third-order valence-electron chi connectivity index (χ3n) is 3.81. The van der Waals surface area contributed by atoms with Crippen LogP contribution in [-0.4, -0.2) is 63.0 Å². The maximum absolute atomic E-state index is 12.6. The molecule has 32 heavy (non-hydrogen) atoms. The number of carboxylic acid groups (broad SMARTS) is 3. The van der Waals surface area contributed by atoms with Crippen LogP contribution in [0.15, 0.2) is 24.3 Å². The first-order valence-electron chi connectivity index (χ1n) is 9.47. The molecule has 0 aliphatic rings. The molecule has 1 aromatic rings. The maximum atomic E-state index is 12.6. The van der Waals surface area contributed by atoms with E-state index in [-0.39, 0.29) is 31.0 Å². The Labute approximate surface area is 182 Å². The van der Waals surface area contributed by atoms with Gasteiger partial charge >= 0.3 is 23.9 Å². The topological polar surface area (TPSA) is 202 Å². The quantitative estimate of drug-likeness (QED) is 0.136. The number of halogens is 1. The van der Waals surface area contributed by atoms with E-state index in [1.54, 1.807) is 0 Å². The molecule has 1 atom stereocenters. The number of carbonyl (C=O) groups is 5. The molecule has 0 fully saturated rings. The first kappa shape index (κ1) is 28.3. The van der Waals surface area contributed by atoms with Gasteiger partial charge in [0.2, 0.25) is 0 Å². The van der Waals surface area contributed by atoms with Crippen LogP contribution in [0.1, 0.15) is 48.9 Å². The zero-order valence-electron chi connectivity index (χ0n) is 17.0. The van der Waals surface area contributed by atoms with Gasteiger partial charge in [0, 0.05) is 24.9 Å². The number of hydrogen-bond acceptors (Lipinski definition) is 6. The molecule has 0 saturated heterocycles. The molecule has 0 radical (unpaired) electrons. The molecular formula is C19H26FN3O9. The normalized spacial score (nSPS) is 10.7. The first-order valence-corrected chi connectivity index (χ1v) is 9.47. The summed E-state index contributed by atoms with van der Waals surface area (Å²) in [7, 11) is 0. The molecule has 0 saturated carbocycles. The third kappa shape index (κ3) is 14.3. The van der Waals surface area contributed by atoms with Crippen LogP contribution in [0.5, 0.6) is 0 Å². The van der Waals surface area contributed by atoms with Crippen LogP contribution in [0.3, 0.4) is 0 Å². The Bertz CT molecular complexity index is 772. The van der Waals surface area contributed by atoms with Crippen molar-refractivity contribution < 1.29 is 48.9 Å². The average Bonchev–Trinajstić information content (AvgIpc) is 2.73. The van der Waals surface area contributed by atoms with E-state index < -0.39 is 30.0 Å². The smallest absolute Gasteiger partial charge is 0.339 e. The SMILES string of the molecule is O=C(O)CCC(NC(=O)NO)C(=O)O.O=C(O)CCCCCNC(=O)c1ccc(F)cc1. The van der Waals surface area contributed by atoms with Crippen LogP contribution < -0.4 is 16.1 Å². The number of aliphatic carboxylic acids is 3. The molecule has 0 aliphatic heterocycles. The number of nitrogens with one attached hydrogen (secondary N) is 3. The summed E-state index contributed by atoms with van der Waals surface area (Å²) in [5.74, 6) is -3.95. The van der Waals surface area contributed by atoms with Gasteiger partial charge in [-0.25, -0.2) is 19.5 Å². The molecule has 0 aliphatic carbocycles. The molecule has 0 aromatic heterocycles. The number of hydroxylamine groups is 1. The van der Waals surface area contributed by atoms with Crippen LogP contribution in [0.25, 0.3) is 0 Å². The molecule has 0 bridgehead atoms.